The Balaban J connectivity index is 2.57. The van der Waals surface area contributed by atoms with E-state index in [1.54, 1.807) is 0 Å². The number of hydrogen-bond donors (Lipinski definition) is 2. The van der Waals surface area contributed by atoms with Gasteiger partial charge in [0.25, 0.3) is 0 Å². The molecule has 1 aliphatic rings. The fourth-order valence-electron chi connectivity index (χ4n) is 1.42. The first-order valence-electron chi connectivity index (χ1n) is 4.03. The van der Waals surface area contributed by atoms with Crippen LogP contribution in [-0.4, -0.2) is 24.2 Å². The molecule has 0 spiro atoms. The average molecular weight is 196 g/mol. The van der Waals surface area contributed by atoms with Crippen LogP contribution < -0.4 is 11.1 Å². The van der Waals surface area contributed by atoms with Crippen molar-refractivity contribution in [1.29, 1.82) is 0 Å². The monoisotopic (exact) mass is 196 g/mol. The quantitative estimate of drug-likeness (QED) is 0.643. The molecule has 0 bridgehead atoms. The molecular formula is C7H11F3N2O. The second kappa shape index (κ2) is 3.53. The van der Waals surface area contributed by atoms with Crippen LogP contribution in [0.15, 0.2) is 0 Å². The first-order chi connectivity index (χ1) is 5.91. The smallest absolute Gasteiger partial charge is 0.368 e. The lowest BCUT2D eigenvalue weighted by atomic mass is 9.98. The summed E-state index contributed by atoms with van der Waals surface area (Å²) in [6.07, 6.45) is -3.49. The van der Waals surface area contributed by atoms with Gasteiger partial charge in [0.2, 0.25) is 5.91 Å². The van der Waals surface area contributed by atoms with Crippen LogP contribution in [0.25, 0.3) is 0 Å². The van der Waals surface area contributed by atoms with Crippen molar-refractivity contribution in [3.05, 3.63) is 0 Å². The molecule has 1 fully saturated rings. The molecule has 1 saturated heterocycles. The minimum Gasteiger partial charge on any atom is -0.368 e. The minimum absolute atomic E-state index is 0.0211. The summed E-state index contributed by atoms with van der Waals surface area (Å²) in [5.41, 5.74) is 4.90. The maximum Gasteiger partial charge on any atom is 0.403 e. The van der Waals surface area contributed by atoms with E-state index < -0.39 is 24.2 Å². The van der Waals surface area contributed by atoms with Gasteiger partial charge >= 0.3 is 6.18 Å². The molecule has 1 heterocycles. The number of nitrogens with one attached hydrogen (secondary N) is 1. The van der Waals surface area contributed by atoms with Gasteiger partial charge in [-0.2, -0.15) is 13.2 Å². The van der Waals surface area contributed by atoms with Crippen molar-refractivity contribution in [3.8, 4) is 0 Å². The van der Waals surface area contributed by atoms with Crippen LogP contribution in [0.1, 0.15) is 19.3 Å². The zero-order chi connectivity index (χ0) is 10.1. The van der Waals surface area contributed by atoms with Crippen molar-refractivity contribution < 1.29 is 18.0 Å². The van der Waals surface area contributed by atoms with Gasteiger partial charge in [-0.1, -0.05) is 0 Å². The molecule has 3 N–H and O–H groups in total. The van der Waals surface area contributed by atoms with Crippen molar-refractivity contribution in [2.75, 3.05) is 0 Å². The highest BCUT2D eigenvalue weighted by atomic mass is 19.4. The summed E-state index contributed by atoms with van der Waals surface area (Å²) >= 11 is 0. The van der Waals surface area contributed by atoms with Crippen molar-refractivity contribution in [1.82, 2.24) is 5.32 Å². The molecule has 2 atom stereocenters. The van der Waals surface area contributed by atoms with Gasteiger partial charge < -0.3 is 5.73 Å². The number of amides is 1. The van der Waals surface area contributed by atoms with Gasteiger partial charge in [0.1, 0.15) is 6.04 Å². The SMILES string of the molecule is NC(=O)C1CCCC(C(F)(F)F)N1. The van der Waals surface area contributed by atoms with E-state index in [-0.39, 0.29) is 6.42 Å². The van der Waals surface area contributed by atoms with Gasteiger partial charge in [0.15, 0.2) is 0 Å². The average Bonchev–Trinajstić information content (AvgIpc) is 2.03. The topological polar surface area (TPSA) is 55.1 Å². The van der Waals surface area contributed by atoms with E-state index >= 15 is 0 Å². The molecule has 13 heavy (non-hydrogen) atoms. The molecule has 0 aliphatic carbocycles. The molecule has 0 saturated carbocycles. The van der Waals surface area contributed by atoms with Gasteiger partial charge in [-0.3, -0.25) is 10.1 Å². The van der Waals surface area contributed by atoms with Crippen molar-refractivity contribution in [2.24, 2.45) is 5.73 Å². The largest absolute Gasteiger partial charge is 0.403 e. The highest BCUT2D eigenvalue weighted by molar-refractivity contribution is 5.79. The van der Waals surface area contributed by atoms with Crippen LogP contribution in [0.2, 0.25) is 0 Å². The number of hydrogen-bond acceptors (Lipinski definition) is 2. The Bertz CT molecular complexity index is 204. The highest BCUT2D eigenvalue weighted by Gasteiger charge is 2.42. The molecule has 1 amide bonds. The zero-order valence-electron chi connectivity index (χ0n) is 6.90. The Morgan fingerprint density at radius 2 is 2.00 bits per heavy atom. The third-order valence-corrected chi connectivity index (χ3v) is 2.13. The van der Waals surface area contributed by atoms with Crippen molar-refractivity contribution >= 4 is 5.91 Å². The number of alkyl halides is 3. The number of rotatable bonds is 1. The standard InChI is InChI=1S/C7H11F3N2O/c8-7(9,10)5-3-1-2-4(12-5)6(11)13/h4-5,12H,1-3H2,(H2,11,13). The predicted octanol–water partition coefficient (Wildman–Crippen LogP) is 0.545. The molecule has 0 aromatic carbocycles. The second-order valence-corrected chi connectivity index (χ2v) is 3.15. The summed E-state index contributed by atoms with van der Waals surface area (Å²) in [6, 6.07) is -2.42. The lowest BCUT2D eigenvalue weighted by molar-refractivity contribution is -0.164. The Labute approximate surface area is 73.5 Å². The van der Waals surface area contributed by atoms with E-state index in [4.69, 9.17) is 5.73 Å². The molecule has 0 aromatic heterocycles. The molecule has 76 valence electrons. The number of carbonyl (C=O) groups is 1. The molecule has 2 unspecified atom stereocenters. The highest BCUT2D eigenvalue weighted by Crippen LogP contribution is 2.27. The fraction of sp³-hybridized carbons (Fsp3) is 0.857. The van der Waals surface area contributed by atoms with Crippen LogP contribution in [0.4, 0.5) is 13.2 Å². The van der Waals surface area contributed by atoms with Crippen LogP contribution in [0, 0.1) is 0 Å². The fourth-order valence-corrected chi connectivity index (χ4v) is 1.42. The number of piperidine rings is 1. The number of primary amides is 1. The van der Waals surface area contributed by atoms with Crippen LogP contribution in [0.5, 0.6) is 0 Å². The lowest BCUT2D eigenvalue weighted by Gasteiger charge is -2.30. The third kappa shape index (κ3) is 2.58. The maximum atomic E-state index is 12.2. The predicted molar refractivity (Wildman–Crippen MR) is 39.8 cm³/mol. The van der Waals surface area contributed by atoms with Crippen molar-refractivity contribution in [2.45, 2.75) is 37.5 Å². The Kier molecular flexibility index (Phi) is 2.80. The Morgan fingerprint density at radius 1 is 1.38 bits per heavy atom. The molecule has 1 rings (SSSR count). The van der Waals surface area contributed by atoms with E-state index in [1.807, 2.05) is 0 Å². The summed E-state index contributed by atoms with van der Waals surface area (Å²) in [4.78, 5) is 10.6. The van der Waals surface area contributed by atoms with Crippen LogP contribution in [-0.2, 0) is 4.79 Å². The summed E-state index contributed by atoms with van der Waals surface area (Å²) in [7, 11) is 0. The van der Waals surface area contributed by atoms with E-state index in [0.717, 1.165) is 0 Å². The molecule has 1 aliphatic heterocycles. The first-order valence-corrected chi connectivity index (χ1v) is 4.03. The first kappa shape index (κ1) is 10.3. The van der Waals surface area contributed by atoms with E-state index in [9.17, 15) is 18.0 Å². The Morgan fingerprint density at radius 3 is 2.46 bits per heavy atom. The van der Waals surface area contributed by atoms with E-state index in [2.05, 4.69) is 5.32 Å². The number of halogens is 3. The lowest BCUT2D eigenvalue weighted by Crippen LogP contribution is -2.54. The zero-order valence-corrected chi connectivity index (χ0v) is 6.90. The van der Waals surface area contributed by atoms with Crippen LogP contribution in [0.3, 0.4) is 0 Å². The third-order valence-electron chi connectivity index (χ3n) is 2.13. The number of nitrogens with two attached hydrogens (primary N) is 1. The summed E-state index contributed by atoms with van der Waals surface area (Å²) in [5.74, 6) is -0.714. The molecule has 0 aromatic rings. The van der Waals surface area contributed by atoms with Gasteiger partial charge in [-0.25, -0.2) is 0 Å². The van der Waals surface area contributed by atoms with Gasteiger partial charge in [0, 0.05) is 0 Å². The number of carbonyl (C=O) groups excluding carboxylic acids is 1. The Hall–Kier alpha value is -0.780. The van der Waals surface area contributed by atoms with Crippen LogP contribution >= 0.6 is 0 Å². The summed E-state index contributed by atoms with van der Waals surface area (Å²) in [5, 5.41) is 2.19. The van der Waals surface area contributed by atoms with Gasteiger partial charge in [0.05, 0.1) is 6.04 Å². The summed E-state index contributed by atoms with van der Waals surface area (Å²) in [6.45, 7) is 0. The maximum absolute atomic E-state index is 12.2. The molecule has 6 heteroatoms. The molecule has 3 nitrogen and oxygen atoms in total. The van der Waals surface area contributed by atoms with Crippen molar-refractivity contribution in [3.63, 3.8) is 0 Å². The van der Waals surface area contributed by atoms with Gasteiger partial charge in [-0.15, -0.1) is 0 Å². The molecule has 0 radical (unpaired) electrons. The van der Waals surface area contributed by atoms with E-state index in [0.29, 0.717) is 12.8 Å². The molecular weight excluding hydrogens is 185 g/mol. The normalized spacial score (nSPS) is 30.1. The van der Waals surface area contributed by atoms with Gasteiger partial charge in [-0.05, 0) is 19.3 Å². The minimum atomic E-state index is -4.28. The van der Waals surface area contributed by atoms with E-state index in [1.165, 1.54) is 0 Å². The summed E-state index contributed by atoms with van der Waals surface area (Å²) < 4.78 is 36.5. The second-order valence-electron chi connectivity index (χ2n) is 3.15.